The Morgan fingerprint density at radius 1 is 1.13 bits per heavy atom. The molecule has 6 nitrogen and oxygen atoms in total. The molecule has 2 aromatic carbocycles. The van der Waals surface area contributed by atoms with Crippen LogP contribution in [0.3, 0.4) is 0 Å². The maximum absolute atomic E-state index is 14.3. The van der Waals surface area contributed by atoms with E-state index in [-0.39, 0.29) is 41.6 Å². The first-order valence-electron chi connectivity index (χ1n) is 9.07. The Morgan fingerprint density at radius 2 is 1.90 bits per heavy atom. The second kappa shape index (κ2) is 10.8. The van der Waals surface area contributed by atoms with Crippen LogP contribution in [0.25, 0.3) is 10.9 Å². The van der Waals surface area contributed by atoms with Crippen molar-refractivity contribution in [3.05, 3.63) is 47.5 Å². The molecule has 1 aromatic heterocycles. The number of aromatic nitrogens is 2. The van der Waals surface area contributed by atoms with Gasteiger partial charge in [0.1, 0.15) is 18.2 Å². The zero-order valence-corrected chi connectivity index (χ0v) is 18.5. The normalized spacial score (nSPS) is 13.8. The van der Waals surface area contributed by atoms with Gasteiger partial charge in [0.2, 0.25) is 0 Å². The summed E-state index contributed by atoms with van der Waals surface area (Å²) in [5, 5.41) is 7.04. The highest BCUT2D eigenvalue weighted by Crippen LogP contribution is 2.36. The Hall–Kier alpha value is -2.06. The molecule has 3 aromatic rings. The van der Waals surface area contributed by atoms with Crippen LogP contribution in [0.15, 0.2) is 36.7 Å². The Bertz CT molecular complexity index is 1000. The Labute approximate surface area is 191 Å². The van der Waals surface area contributed by atoms with Gasteiger partial charge in [-0.05, 0) is 44.1 Å². The minimum absolute atomic E-state index is 0. The summed E-state index contributed by atoms with van der Waals surface area (Å²) in [6.45, 7) is 1.87. The van der Waals surface area contributed by atoms with Crippen LogP contribution in [0.2, 0.25) is 5.02 Å². The van der Waals surface area contributed by atoms with Crippen LogP contribution >= 0.6 is 36.4 Å². The second-order valence-corrected chi connectivity index (χ2v) is 6.94. The van der Waals surface area contributed by atoms with Crippen molar-refractivity contribution >= 4 is 58.8 Å². The number of hydrogen-bond acceptors (Lipinski definition) is 6. The first kappa shape index (κ1) is 24.2. The molecule has 0 radical (unpaired) electrons. The van der Waals surface area contributed by atoms with Crippen LogP contribution in [0.4, 0.5) is 15.9 Å². The summed E-state index contributed by atoms with van der Waals surface area (Å²) in [6, 6.07) is 8.39. The van der Waals surface area contributed by atoms with E-state index < -0.39 is 5.82 Å². The molecule has 1 fully saturated rings. The molecule has 1 aliphatic rings. The van der Waals surface area contributed by atoms with Gasteiger partial charge in [-0.15, -0.1) is 24.8 Å². The summed E-state index contributed by atoms with van der Waals surface area (Å²) in [4.78, 5) is 8.59. The van der Waals surface area contributed by atoms with Gasteiger partial charge in [0.05, 0.1) is 23.3 Å². The maximum atomic E-state index is 14.3. The number of anilines is 2. The third-order valence-corrected chi connectivity index (χ3v) is 5.00. The van der Waals surface area contributed by atoms with Gasteiger partial charge < -0.3 is 20.1 Å². The SMILES string of the molecule is COc1cc2c(Nc3cccc(Cl)c3F)ncnc2cc1OC1CCNCC1.Cl.Cl. The van der Waals surface area contributed by atoms with Crippen LogP contribution < -0.4 is 20.1 Å². The summed E-state index contributed by atoms with van der Waals surface area (Å²) < 4.78 is 25.9. The lowest BCUT2D eigenvalue weighted by Crippen LogP contribution is -2.34. The van der Waals surface area contributed by atoms with Gasteiger partial charge in [0.15, 0.2) is 17.3 Å². The van der Waals surface area contributed by atoms with Gasteiger partial charge in [-0.2, -0.15) is 0 Å². The molecule has 1 saturated heterocycles. The molecular formula is C20H22Cl3FN4O2. The molecule has 0 saturated carbocycles. The largest absolute Gasteiger partial charge is 0.493 e. The number of hydrogen-bond donors (Lipinski definition) is 2. The van der Waals surface area contributed by atoms with E-state index >= 15 is 0 Å². The first-order valence-corrected chi connectivity index (χ1v) is 9.44. The molecular weight excluding hydrogens is 454 g/mol. The van der Waals surface area contributed by atoms with Crippen molar-refractivity contribution in [2.75, 3.05) is 25.5 Å². The number of methoxy groups -OCH3 is 1. The summed E-state index contributed by atoms with van der Waals surface area (Å²) in [5.41, 5.74) is 0.908. The fourth-order valence-corrected chi connectivity index (χ4v) is 3.41. The molecule has 2 N–H and O–H groups in total. The molecule has 1 aliphatic heterocycles. The van der Waals surface area contributed by atoms with Gasteiger partial charge >= 0.3 is 0 Å². The number of fused-ring (bicyclic) bond motifs is 1. The molecule has 4 rings (SSSR count). The van der Waals surface area contributed by atoms with Crippen molar-refractivity contribution in [2.24, 2.45) is 0 Å². The number of rotatable bonds is 5. The summed E-state index contributed by atoms with van der Waals surface area (Å²) in [5.74, 6) is 1.14. The van der Waals surface area contributed by atoms with E-state index in [4.69, 9.17) is 21.1 Å². The standard InChI is InChI=1S/C20H20ClFN4O2.2ClH/c1-27-17-9-13-16(10-18(17)28-12-5-7-23-8-6-12)24-11-25-20(13)26-15-4-2-3-14(21)19(15)22;;/h2-4,9-12,23H,5-8H2,1H3,(H,24,25,26);2*1H. The molecule has 30 heavy (non-hydrogen) atoms. The summed E-state index contributed by atoms with van der Waals surface area (Å²) >= 11 is 5.87. The lowest BCUT2D eigenvalue weighted by molar-refractivity contribution is 0.157. The van der Waals surface area contributed by atoms with E-state index in [1.807, 2.05) is 6.07 Å². The Kier molecular flexibility index (Phi) is 8.73. The highest BCUT2D eigenvalue weighted by Gasteiger charge is 2.19. The van der Waals surface area contributed by atoms with Crippen LogP contribution in [0.5, 0.6) is 11.5 Å². The molecule has 0 bridgehead atoms. The molecule has 0 spiro atoms. The van der Waals surface area contributed by atoms with Crippen molar-refractivity contribution in [2.45, 2.75) is 18.9 Å². The highest BCUT2D eigenvalue weighted by atomic mass is 35.5. The Morgan fingerprint density at radius 3 is 2.63 bits per heavy atom. The lowest BCUT2D eigenvalue weighted by atomic mass is 10.1. The number of nitrogens with zero attached hydrogens (tertiary/aromatic N) is 2. The second-order valence-electron chi connectivity index (χ2n) is 6.54. The van der Waals surface area contributed by atoms with Crippen molar-refractivity contribution in [3.63, 3.8) is 0 Å². The van der Waals surface area contributed by atoms with Gasteiger partial charge in [0, 0.05) is 11.5 Å². The average Bonchev–Trinajstić information content (AvgIpc) is 2.72. The quantitative estimate of drug-likeness (QED) is 0.532. The first-order chi connectivity index (χ1) is 13.7. The fraction of sp³-hybridized carbons (Fsp3) is 0.300. The van der Waals surface area contributed by atoms with Gasteiger partial charge in [0.25, 0.3) is 0 Å². The monoisotopic (exact) mass is 474 g/mol. The zero-order chi connectivity index (χ0) is 19.5. The minimum Gasteiger partial charge on any atom is -0.493 e. The molecule has 0 atom stereocenters. The number of piperidine rings is 1. The van der Waals surface area contributed by atoms with Crippen molar-refractivity contribution in [1.29, 1.82) is 0 Å². The average molecular weight is 476 g/mol. The van der Waals surface area contributed by atoms with Crippen LogP contribution in [-0.4, -0.2) is 36.3 Å². The molecule has 0 aliphatic carbocycles. The van der Waals surface area contributed by atoms with E-state index in [0.717, 1.165) is 25.9 Å². The molecule has 0 amide bonds. The topological polar surface area (TPSA) is 68.3 Å². The maximum Gasteiger partial charge on any atom is 0.165 e. The van der Waals surface area contributed by atoms with Gasteiger partial charge in [-0.25, -0.2) is 14.4 Å². The van der Waals surface area contributed by atoms with E-state index in [1.165, 1.54) is 12.4 Å². The lowest BCUT2D eigenvalue weighted by Gasteiger charge is -2.25. The third-order valence-electron chi connectivity index (χ3n) is 4.71. The number of benzene rings is 2. The smallest absolute Gasteiger partial charge is 0.165 e. The summed E-state index contributed by atoms with van der Waals surface area (Å²) in [7, 11) is 1.59. The van der Waals surface area contributed by atoms with E-state index in [9.17, 15) is 4.39 Å². The predicted molar refractivity (Wildman–Crippen MR) is 122 cm³/mol. The number of halogens is 4. The molecule has 0 unspecified atom stereocenters. The highest BCUT2D eigenvalue weighted by molar-refractivity contribution is 6.31. The molecule has 2 heterocycles. The fourth-order valence-electron chi connectivity index (χ4n) is 3.24. The van der Waals surface area contributed by atoms with Crippen molar-refractivity contribution in [1.82, 2.24) is 15.3 Å². The third kappa shape index (κ3) is 5.16. The number of nitrogens with one attached hydrogen (secondary N) is 2. The Balaban J connectivity index is 0.00000160. The van der Waals surface area contributed by atoms with Crippen molar-refractivity contribution < 1.29 is 13.9 Å². The molecule has 162 valence electrons. The van der Waals surface area contributed by atoms with E-state index in [1.54, 1.807) is 25.3 Å². The minimum atomic E-state index is -0.534. The van der Waals surface area contributed by atoms with E-state index in [2.05, 4.69) is 20.6 Å². The summed E-state index contributed by atoms with van der Waals surface area (Å²) in [6.07, 6.45) is 3.43. The number of ether oxygens (including phenoxy) is 2. The van der Waals surface area contributed by atoms with Gasteiger partial charge in [-0.1, -0.05) is 17.7 Å². The van der Waals surface area contributed by atoms with E-state index in [0.29, 0.717) is 28.2 Å². The van der Waals surface area contributed by atoms with Crippen molar-refractivity contribution in [3.8, 4) is 11.5 Å². The van der Waals surface area contributed by atoms with Crippen LogP contribution in [-0.2, 0) is 0 Å². The van der Waals surface area contributed by atoms with Gasteiger partial charge in [-0.3, -0.25) is 0 Å². The predicted octanol–water partition coefficient (Wildman–Crippen LogP) is 5.15. The molecule has 10 heteroatoms. The van der Waals surface area contributed by atoms with Crippen LogP contribution in [0, 0.1) is 5.82 Å². The van der Waals surface area contributed by atoms with Crippen LogP contribution in [0.1, 0.15) is 12.8 Å². The zero-order valence-electron chi connectivity index (χ0n) is 16.2.